The predicted octanol–water partition coefficient (Wildman–Crippen LogP) is 8.93. The Morgan fingerprint density at radius 2 is 0.944 bits per heavy atom. The second-order valence-corrected chi connectivity index (χ2v) is 15.2. The van der Waals surface area contributed by atoms with E-state index in [1.807, 2.05) is 0 Å². The van der Waals surface area contributed by atoms with Crippen LogP contribution >= 0.6 is 0 Å². The summed E-state index contributed by atoms with van der Waals surface area (Å²) in [6.45, 7) is 4.25. The fourth-order valence-corrected chi connectivity index (χ4v) is 9.35. The van der Waals surface area contributed by atoms with Gasteiger partial charge in [-0.3, -0.25) is 0 Å². The molecule has 0 amide bonds. The number of nitrogens with zero attached hydrogens (tertiary/aromatic N) is 1. The maximum absolute atomic E-state index is 7.13. The van der Waals surface area contributed by atoms with Gasteiger partial charge in [0.1, 0.15) is 11.2 Å². The Hall–Kier alpha value is -6.45. The van der Waals surface area contributed by atoms with E-state index in [1.54, 1.807) is 0 Å². The first kappa shape index (κ1) is 31.1. The summed E-state index contributed by atoms with van der Waals surface area (Å²) in [5, 5.41) is 2.23. The van der Waals surface area contributed by atoms with Crippen LogP contribution in [0.3, 0.4) is 0 Å². The second-order valence-electron chi connectivity index (χ2n) is 15.2. The summed E-state index contributed by atoms with van der Waals surface area (Å²) >= 11 is 0. The van der Waals surface area contributed by atoms with Crippen molar-refractivity contribution in [2.75, 3.05) is 4.81 Å². The Morgan fingerprint density at radius 3 is 1.59 bits per heavy atom. The smallest absolute Gasteiger partial charge is 0.372 e. The van der Waals surface area contributed by atoms with Crippen LogP contribution < -0.4 is 32.5 Å². The highest BCUT2D eigenvalue weighted by molar-refractivity contribution is 7.09. The standard InChI is InChI=1S/C49H35B2NO2/c1-49(2)39-21-8-10-23-41(39)52(42-24-11-9-22-40(42)49)51-46-38-20-7-13-26-44(38)53-47(46)50(45-37-19-6-12-25-43(37)54-48(45)51)36-29-27-33(28-30-36)35-18-14-17-34(31-35)32-15-4-3-5-16-32/h3-31H,1-2H3. The normalized spacial score (nSPS) is 14.1. The van der Waals surface area contributed by atoms with Crippen molar-refractivity contribution in [3.8, 4) is 22.3 Å². The molecule has 254 valence electrons. The first-order valence-corrected chi connectivity index (χ1v) is 18.8. The molecule has 11 rings (SSSR count). The Morgan fingerprint density at radius 1 is 0.444 bits per heavy atom. The molecule has 2 aliphatic rings. The monoisotopic (exact) mass is 691 g/mol. The maximum Gasteiger partial charge on any atom is 0.372 e. The Balaban J connectivity index is 1.14. The summed E-state index contributed by atoms with van der Waals surface area (Å²) in [6.07, 6.45) is 0. The molecule has 0 spiro atoms. The average molecular weight is 691 g/mol. The van der Waals surface area contributed by atoms with Crippen LogP contribution in [0.25, 0.3) is 44.2 Å². The average Bonchev–Trinajstić information content (AvgIpc) is 3.80. The fraction of sp³-hybridized carbons (Fsp3) is 0.0612. The van der Waals surface area contributed by atoms with E-state index in [9.17, 15) is 0 Å². The summed E-state index contributed by atoms with van der Waals surface area (Å²) < 4.78 is 14.2. The van der Waals surface area contributed by atoms with Gasteiger partial charge in [0.05, 0.1) is 11.3 Å². The van der Waals surface area contributed by atoms with E-state index in [-0.39, 0.29) is 19.0 Å². The zero-order chi connectivity index (χ0) is 36.0. The molecule has 2 aromatic heterocycles. The third-order valence-corrected chi connectivity index (χ3v) is 11.9. The first-order valence-electron chi connectivity index (χ1n) is 18.8. The van der Waals surface area contributed by atoms with E-state index >= 15 is 0 Å². The van der Waals surface area contributed by atoms with Gasteiger partial charge in [-0.1, -0.05) is 165 Å². The van der Waals surface area contributed by atoms with E-state index in [0.29, 0.717) is 0 Å². The van der Waals surface area contributed by atoms with E-state index in [2.05, 4.69) is 195 Å². The van der Waals surface area contributed by atoms with Gasteiger partial charge < -0.3 is 13.6 Å². The Bertz CT molecular complexity index is 2830. The van der Waals surface area contributed by atoms with Crippen LogP contribution in [0.5, 0.6) is 0 Å². The molecule has 9 aromatic rings. The quantitative estimate of drug-likeness (QED) is 0.173. The third-order valence-electron chi connectivity index (χ3n) is 11.9. The maximum atomic E-state index is 7.13. The van der Waals surface area contributed by atoms with E-state index in [1.165, 1.54) is 55.7 Å². The molecule has 0 N–H and O–H groups in total. The van der Waals surface area contributed by atoms with Crippen LogP contribution in [-0.2, 0) is 5.41 Å². The summed E-state index contributed by atoms with van der Waals surface area (Å²) in [4.78, 5) is 2.52. The predicted molar refractivity (Wildman–Crippen MR) is 227 cm³/mol. The van der Waals surface area contributed by atoms with E-state index in [4.69, 9.17) is 8.83 Å². The lowest BCUT2D eigenvalue weighted by atomic mass is 9.28. The molecule has 2 aliphatic heterocycles. The molecule has 4 heterocycles. The molecule has 5 heteroatoms. The van der Waals surface area contributed by atoms with Gasteiger partial charge in [0.2, 0.25) is 0 Å². The van der Waals surface area contributed by atoms with Crippen LogP contribution in [0.15, 0.2) is 185 Å². The number of hydrogen-bond acceptors (Lipinski definition) is 3. The molecule has 0 saturated heterocycles. The minimum atomic E-state index is -0.263. The van der Waals surface area contributed by atoms with Crippen molar-refractivity contribution in [1.82, 2.24) is 0 Å². The number of anilines is 2. The topological polar surface area (TPSA) is 29.5 Å². The highest BCUT2D eigenvalue weighted by Crippen LogP contribution is 2.49. The summed E-state index contributed by atoms with van der Waals surface area (Å²) in [5.41, 5.74) is 16.8. The number of hydrogen-bond donors (Lipinski definition) is 0. The van der Waals surface area contributed by atoms with Crippen LogP contribution in [0.1, 0.15) is 25.0 Å². The van der Waals surface area contributed by atoms with E-state index < -0.39 is 0 Å². The zero-order valence-corrected chi connectivity index (χ0v) is 30.2. The second kappa shape index (κ2) is 11.8. The molecule has 7 aromatic carbocycles. The number of para-hydroxylation sites is 4. The molecule has 0 unspecified atom stereocenters. The Kier molecular flexibility index (Phi) is 6.79. The minimum Gasteiger partial charge on any atom is -0.471 e. The molecular weight excluding hydrogens is 656 g/mol. The lowest BCUT2D eigenvalue weighted by Crippen LogP contribution is -2.74. The van der Waals surface area contributed by atoms with Crippen molar-refractivity contribution < 1.29 is 8.83 Å². The van der Waals surface area contributed by atoms with Crippen LogP contribution in [0, 0.1) is 0 Å². The molecule has 0 fully saturated rings. The van der Waals surface area contributed by atoms with Gasteiger partial charge in [-0.05, 0) is 74.6 Å². The minimum absolute atomic E-state index is 0.168. The molecule has 3 nitrogen and oxygen atoms in total. The molecule has 54 heavy (non-hydrogen) atoms. The van der Waals surface area contributed by atoms with Crippen molar-refractivity contribution in [2.24, 2.45) is 0 Å². The number of fused-ring (bicyclic) bond motifs is 8. The Labute approximate surface area is 315 Å². The van der Waals surface area contributed by atoms with Crippen LogP contribution in [0.2, 0.25) is 0 Å². The summed E-state index contributed by atoms with van der Waals surface area (Å²) in [5.74, 6) is 0. The van der Waals surface area contributed by atoms with Crippen LogP contribution in [-0.4, -0.2) is 13.6 Å². The summed E-state index contributed by atoms with van der Waals surface area (Å²) in [7, 11) is 0. The van der Waals surface area contributed by atoms with E-state index in [0.717, 1.165) is 38.7 Å². The largest absolute Gasteiger partial charge is 0.471 e. The lowest BCUT2D eigenvalue weighted by Gasteiger charge is -2.45. The van der Waals surface area contributed by atoms with Crippen molar-refractivity contribution in [3.05, 3.63) is 187 Å². The van der Waals surface area contributed by atoms with Crippen molar-refractivity contribution in [1.29, 1.82) is 0 Å². The molecular formula is C49H35B2NO2. The van der Waals surface area contributed by atoms with Gasteiger partial charge in [0, 0.05) is 27.6 Å². The van der Waals surface area contributed by atoms with Gasteiger partial charge in [0.15, 0.2) is 0 Å². The lowest BCUT2D eigenvalue weighted by molar-refractivity contribution is 0.631. The first-order chi connectivity index (χ1) is 26.6. The van der Waals surface area contributed by atoms with Gasteiger partial charge in [-0.25, -0.2) is 0 Å². The SMILES string of the molecule is CC1(C)c2ccccc2N(B2c3oc4ccccc4c3B(c3ccc(-c4cccc(-c5ccccc5)c4)cc3)c3oc4ccccc4c32)c2ccccc21. The van der Waals surface area contributed by atoms with Crippen molar-refractivity contribution >= 4 is 74.6 Å². The highest BCUT2D eigenvalue weighted by atomic mass is 16.3. The van der Waals surface area contributed by atoms with Gasteiger partial charge in [-0.15, -0.1) is 0 Å². The molecule has 0 aliphatic carbocycles. The number of benzene rings is 7. The zero-order valence-electron chi connectivity index (χ0n) is 30.2. The molecule has 0 bridgehead atoms. The van der Waals surface area contributed by atoms with Crippen molar-refractivity contribution in [2.45, 2.75) is 19.3 Å². The molecule has 0 saturated carbocycles. The highest BCUT2D eigenvalue weighted by Gasteiger charge is 2.51. The van der Waals surface area contributed by atoms with Gasteiger partial charge >= 0.3 is 6.85 Å². The molecule has 0 radical (unpaired) electrons. The fourth-order valence-electron chi connectivity index (χ4n) is 9.35. The van der Waals surface area contributed by atoms with Gasteiger partial charge in [-0.2, -0.15) is 0 Å². The number of furan rings is 2. The molecule has 0 atom stereocenters. The van der Waals surface area contributed by atoms with Crippen molar-refractivity contribution in [3.63, 3.8) is 0 Å². The third kappa shape index (κ3) is 4.51. The van der Waals surface area contributed by atoms with Gasteiger partial charge in [0.25, 0.3) is 6.71 Å². The van der Waals surface area contributed by atoms with Crippen LogP contribution in [0.4, 0.5) is 11.4 Å². The summed E-state index contributed by atoms with van der Waals surface area (Å²) in [6, 6.07) is 63.2. The number of rotatable bonds is 4.